The van der Waals surface area contributed by atoms with Gasteiger partial charge in [0.05, 0.1) is 4.90 Å². The predicted octanol–water partition coefficient (Wildman–Crippen LogP) is 2.44. The molecule has 6 nitrogen and oxygen atoms in total. The lowest BCUT2D eigenvalue weighted by Gasteiger charge is -2.39. The summed E-state index contributed by atoms with van der Waals surface area (Å²) < 4.78 is 27.0. The van der Waals surface area contributed by atoms with E-state index < -0.39 is 10.0 Å². The highest BCUT2D eigenvalue weighted by Crippen LogP contribution is 2.26. The second-order valence-electron chi connectivity index (χ2n) is 7.64. The molecule has 2 heterocycles. The molecule has 0 atom stereocenters. The maximum absolute atomic E-state index is 13.0. The number of anilines is 1. The second-order valence-corrected chi connectivity index (χ2v) is 9.58. The van der Waals surface area contributed by atoms with Gasteiger partial charge in [-0.1, -0.05) is 36.4 Å². The van der Waals surface area contributed by atoms with E-state index in [1.807, 2.05) is 29.2 Å². The number of hydrogen-bond donors (Lipinski definition) is 0. The van der Waals surface area contributed by atoms with Crippen LogP contribution in [-0.4, -0.2) is 62.8 Å². The predicted molar refractivity (Wildman–Crippen MR) is 113 cm³/mol. The third-order valence-electron chi connectivity index (χ3n) is 5.90. The molecule has 0 aliphatic carbocycles. The van der Waals surface area contributed by atoms with Crippen LogP contribution in [0.5, 0.6) is 0 Å². The maximum atomic E-state index is 13.0. The van der Waals surface area contributed by atoms with E-state index in [-0.39, 0.29) is 11.8 Å². The molecule has 2 aromatic rings. The first-order valence-corrected chi connectivity index (χ1v) is 11.6. The number of carbonyl (C=O) groups is 1. The first-order valence-electron chi connectivity index (χ1n) is 10.2. The number of amides is 1. The molecule has 0 radical (unpaired) electrons. The van der Waals surface area contributed by atoms with Crippen LogP contribution in [0.25, 0.3) is 0 Å². The molecule has 2 aliphatic heterocycles. The van der Waals surface area contributed by atoms with Crippen molar-refractivity contribution in [3.63, 3.8) is 0 Å². The van der Waals surface area contributed by atoms with Crippen molar-refractivity contribution in [2.75, 3.05) is 44.2 Å². The first-order chi connectivity index (χ1) is 14.1. The van der Waals surface area contributed by atoms with E-state index in [0.29, 0.717) is 30.8 Å². The molecule has 0 unspecified atom stereocenters. The minimum absolute atomic E-state index is 0.0829. The molecule has 0 spiro atoms. The van der Waals surface area contributed by atoms with Gasteiger partial charge in [-0.3, -0.25) is 4.79 Å². The highest BCUT2D eigenvalue weighted by Gasteiger charge is 2.34. The van der Waals surface area contributed by atoms with Crippen LogP contribution in [0.2, 0.25) is 0 Å². The van der Waals surface area contributed by atoms with Crippen LogP contribution in [0.15, 0.2) is 65.6 Å². The first kappa shape index (κ1) is 19.9. The molecule has 0 saturated carbocycles. The average Bonchev–Trinajstić information content (AvgIpc) is 2.80. The van der Waals surface area contributed by atoms with E-state index >= 15 is 0 Å². The topological polar surface area (TPSA) is 60.9 Å². The van der Waals surface area contributed by atoms with Gasteiger partial charge in [0.15, 0.2) is 0 Å². The van der Waals surface area contributed by atoms with Crippen LogP contribution in [0.1, 0.15) is 12.8 Å². The van der Waals surface area contributed by atoms with Crippen molar-refractivity contribution in [1.82, 2.24) is 9.21 Å². The number of piperazine rings is 1. The number of nitrogens with zero attached hydrogens (tertiary/aromatic N) is 3. The third-order valence-corrected chi connectivity index (χ3v) is 7.81. The zero-order valence-electron chi connectivity index (χ0n) is 16.5. The van der Waals surface area contributed by atoms with Crippen molar-refractivity contribution >= 4 is 21.6 Å². The van der Waals surface area contributed by atoms with Gasteiger partial charge < -0.3 is 9.80 Å². The van der Waals surface area contributed by atoms with Gasteiger partial charge >= 0.3 is 0 Å². The number of para-hydroxylation sites is 1. The Labute approximate surface area is 172 Å². The molecule has 2 aromatic carbocycles. The fourth-order valence-electron chi connectivity index (χ4n) is 4.17. The number of benzene rings is 2. The lowest BCUT2D eigenvalue weighted by atomic mass is 9.96. The van der Waals surface area contributed by atoms with Crippen molar-refractivity contribution in [1.29, 1.82) is 0 Å². The molecular weight excluding hydrogens is 386 g/mol. The summed E-state index contributed by atoms with van der Waals surface area (Å²) in [6, 6.07) is 18.8. The highest BCUT2D eigenvalue weighted by molar-refractivity contribution is 7.89. The van der Waals surface area contributed by atoms with Gasteiger partial charge in [0.2, 0.25) is 15.9 Å². The molecule has 7 heteroatoms. The van der Waals surface area contributed by atoms with Crippen molar-refractivity contribution in [2.24, 2.45) is 5.92 Å². The minimum Gasteiger partial charge on any atom is -0.368 e. The van der Waals surface area contributed by atoms with E-state index in [2.05, 4.69) is 17.0 Å². The summed E-state index contributed by atoms with van der Waals surface area (Å²) in [5.41, 5.74) is 1.19. The Kier molecular flexibility index (Phi) is 5.87. The number of piperidine rings is 1. The van der Waals surface area contributed by atoms with Gasteiger partial charge in [-0.2, -0.15) is 4.31 Å². The third kappa shape index (κ3) is 4.31. The Hall–Kier alpha value is -2.38. The van der Waals surface area contributed by atoms with Gasteiger partial charge in [-0.15, -0.1) is 0 Å². The van der Waals surface area contributed by atoms with Gasteiger partial charge in [-0.25, -0.2) is 8.42 Å². The molecule has 0 N–H and O–H groups in total. The fraction of sp³-hybridized carbons (Fsp3) is 0.409. The van der Waals surface area contributed by atoms with Crippen LogP contribution in [0.4, 0.5) is 5.69 Å². The van der Waals surface area contributed by atoms with Crippen LogP contribution < -0.4 is 4.90 Å². The summed E-state index contributed by atoms with van der Waals surface area (Å²) in [6.45, 7) is 3.90. The quantitative estimate of drug-likeness (QED) is 0.773. The number of hydrogen-bond acceptors (Lipinski definition) is 4. The van der Waals surface area contributed by atoms with Crippen molar-refractivity contribution in [2.45, 2.75) is 17.7 Å². The summed E-state index contributed by atoms with van der Waals surface area (Å²) in [5.74, 6) is 0.0926. The van der Waals surface area contributed by atoms with Crippen LogP contribution in [-0.2, 0) is 14.8 Å². The Bertz CT molecular complexity index is 918. The summed E-state index contributed by atoms with van der Waals surface area (Å²) in [6.07, 6.45) is 1.17. The highest BCUT2D eigenvalue weighted by atomic mass is 32.2. The zero-order chi connectivity index (χ0) is 20.3. The summed E-state index contributed by atoms with van der Waals surface area (Å²) in [7, 11) is -3.47. The van der Waals surface area contributed by atoms with Crippen molar-refractivity contribution < 1.29 is 13.2 Å². The maximum Gasteiger partial charge on any atom is 0.243 e. The van der Waals surface area contributed by atoms with Gasteiger partial charge in [0, 0.05) is 50.9 Å². The molecule has 0 aromatic heterocycles. The smallest absolute Gasteiger partial charge is 0.243 e. The Morgan fingerprint density at radius 1 is 0.759 bits per heavy atom. The lowest BCUT2D eigenvalue weighted by Crippen LogP contribution is -2.52. The SMILES string of the molecule is O=C(C1CCN(S(=O)(=O)c2ccccc2)CC1)N1CCN(c2ccccc2)CC1. The van der Waals surface area contributed by atoms with Crippen LogP contribution in [0.3, 0.4) is 0 Å². The van der Waals surface area contributed by atoms with E-state index in [1.54, 1.807) is 24.3 Å². The molecule has 0 bridgehead atoms. The Morgan fingerprint density at radius 2 is 1.31 bits per heavy atom. The molecule has 1 amide bonds. The molecule has 2 saturated heterocycles. The monoisotopic (exact) mass is 413 g/mol. The van der Waals surface area contributed by atoms with E-state index in [9.17, 15) is 13.2 Å². The Balaban J connectivity index is 1.31. The molecule has 4 rings (SSSR count). The van der Waals surface area contributed by atoms with E-state index in [1.165, 1.54) is 9.99 Å². The van der Waals surface area contributed by atoms with Crippen molar-refractivity contribution in [3.8, 4) is 0 Å². The Morgan fingerprint density at radius 3 is 1.90 bits per heavy atom. The largest absolute Gasteiger partial charge is 0.368 e. The normalized spacial score (nSPS) is 19.3. The number of carbonyl (C=O) groups excluding carboxylic acids is 1. The van der Waals surface area contributed by atoms with Gasteiger partial charge in [-0.05, 0) is 37.1 Å². The fourth-order valence-corrected chi connectivity index (χ4v) is 5.66. The molecular formula is C22H27N3O3S. The molecule has 2 aliphatic rings. The van der Waals surface area contributed by atoms with Gasteiger partial charge in [0.1, 0.15) is 0 Å². The number of sulfonamides is 1. The van der Waals surface area contributed by atoms with Crippen LogP contribution in [0, 0.1) is 5.92 Å². The molecule has 154 valence electrons. The summed E-state index contributed by atoms with van der Waals surface area (Å²) >= 11 is 0. The average molecular weight is 414 g/mol. The van der Waals surface area contributed by atoms with Crippen LogP contribution >= 0.6 is 0 Å². The lowest BCUT2D eigenvalue weighted by molar-refractivity contribution is -0.137. The zero-order valence-corrected chi connectivity index (χ0v) is 17.3. The number of rotatable bonds is 4. The van der Waals surface area contributed by atoms with Crippen molar-refractivity contribution in [3.05, 3.63) is 60.7 Å². The summed E-state index contributed by atoms with van der Waals surface area (Å²) in [5, 5.41) is 0. The molecule has 2 fully saturated rings. The van der Waals surface area contributed by atoms with Gasteiger partial charge in [0.25, 0.3) is 0 Å². The van der Waals surface area contributed by atoms with E-state index in [4.69, 9.17) is 0 Å². The standard InChI is InChI=1S/C22H27N3O3S/c26-22(24-17-15-23(16-18-24)20-7-3-1-4-8-20)19-11-13-25(14-12-19)29(27,28)21-9-5-2-6-10-21/h1-10,19H,11-18H2. The van der Waals surface area contributed by atoms with E-state index in [0.717, 1.165) is 26.2 Å². The summed E-state index contributed by atoms with van der Waals surface area (Å²) in [4.78, 5) is 17.5. The molecule has 29 heavy (non-hydrogen) atoms. The minimum atomic E-state index is -3.47. The second kappa shape index (κ2) is 8.55.